The van der Waals surface area contributed by atoms with Crippen LogP contribution in [0.3, 0.4) is 0 Å². The molecule has 1 amide bonds. The molecule has 0 aromatic heterocycles. The number of benzene rings is 1. The molecule has 1 aliphatic rings. The standard InChI is InChI=1S/C24H41N5O2.HI/c1-5-29(6-2)14-8-10-19(3)28-24(25-4)27-17-20-11-7-12-21(16-20)23(30)26-18-22-13-9-15-31-22;/h7,11-12,16,19,22H,5-6,8-10,13-15,17-18H2,1-4H3,(H,26,30)(H2,25,27,28);1H. The molecule has 182 valence electrons. The van der Waals surface area contributed by atoms with Crippen molar-refractivity contribution in [3.8, 4) is 0 Å². The van der Waals surface area contributed by atoms with Gasteiger partial charge in [-0.25, -0.2) is 0 Å². The van der Waals surface area contributed by atoms with Gasteiger partial charge in [0.15, 0.2) is 5.96 Å². The number of halogens is 1. The summed E-state index contributed by atoms with van der Waals surface area (Å²) in [6, 6.07) is 8.06. The second kappa shape index (κ2) is 16.3. The van der Waals surface area contributed by atoms with E-state index in [-0.39, 0.29) is 36.0 Å². The normalized spacial score (nSPS) is 17.0. The van der Waals surface area contributed by atoms with Crippen LogP contribution >= 0.6 is 24.0 Å². The molecular formula is C24H42IN5O2. The van der Waals surface area contributed by atoms with E-state index in [4.69, 9.17) is 4.74 Å². The Hall–Kier alpha value is -1.39. The van der Waals surface area contributed by atoms with Crippen molar-refractivity contribution < 1.29 is 9.53 Å². The Morgan fingerprint density at radius 2 is 2.06 bits per heavy atom. The van der Waals surface area contributed by atoms with Crippen LogP contribution in [0.4, 0.5) is 0 Å². The molecule has 0 radical (unpaired) electrons. The highest BCUT2D eigenvalue weighted by Gasteiger charge is 2.16. The van der Waals surface area contributed by atoms with Crippen LogP contribution in [-0.4, -0.2) is 68.7 Å². The zero-order chi connectivity index (χ0) is 22.5. The fraction of sp³-hybridized carbons (Fsp3) is 0.667. The van der Waals surface area contributed by atoms with E-state index in [0.717, 1.165) is 63.4 Å². The fourth-order valence-electron chi connectivity index (χ4n) is 3.78. The molecule has 2 atom stereocenters. The Morgan fingerprint density at radius 3 is 2.72 bits per heavy atom. The van der Waals surface area contributed by atoms with Crippen LogP contribution in [0.2, 0.25) is 0 Å². The second-order valence-corrected chi connectivity index (χ2v) is 8.19. The number of ether oxygens (including phenoxy) is 1. The summed E-state index contributed by atoms with van der Waals surface area (Å²) in [5, 5.41) is 9.80. The smallest absolute Gasteiger partial charge is 0.251 e. The van der Waals surface area contributed by atoms with Crippen LogP contribution in [-0.2, 0) is 11.3 Å². The highest BCUT2D eigenvalue weighted by atomic mass is 127. The predicted molar refractivity (Wildman–Crippen MR) is 143 cm³/mol. The van der Waals surface area contributed by atoms with Crippen molar-refractivity contribution in [2.24, 2.45) is 4.99 Å². The van der Waals surface area contributed by atoms with Crippen LogP contribution in [0.5, 0.6) is 0 Å². The van der Waals surface area contributed by atoms with E-state index < -0.39 is 0 Å². The molecule has 0 aliphatic carbocycles. The summed E-state index contributed by atoms with van der Waals surface area (Å²) in [5.41, 5.74) is 1.71. The predicted octanol–water partition coefficient (Wildman–Crippen LogP) is 3.39. The molecule has 1 aromatic carbocycles. The maximum atomic E-state index is 12.5. The maximum Gasteiger partial charge on any atom is 0.251 e. The molecule has 7 nitrogen and oxygen atoms in total. The second-order valence-electron chi connectivity index (χ2n) is 8.19. The molecule has 0 bridgehead atoms. The average molecular weight is 560 g/mol. The van der Waals surface area contributed by atoms with Crippen LogP contribution in [0.15, 0.2) is 29.3 Å². The molecule has 8 heteroatoms. The molecule has 1 aromatic rings. The van der Waals surface area contributed by atoms with E-state index in [1.165, 1.54) is 0 Å². The first-order valence-electron chi connectivity index (χ1n) is 11.7. The topological polar surface area (TPSA) is 78.0 Å². The van der Waals surface area contributed by atoms with Gasteiger partial charge in [-0.1, -0.05) is 26.0 Å². The summed E-state index contributed by atoms with van der Waals surface area (Å²) in [7, 11) is 1.78. The third-order valence-electron chi connectivity index (χ3n) is 5.78. The highest BCUT2D eigenvalue weighted by Crippen LogP contribution is 2.11. The molecule has 1 fully saturated rings. The van der Waals surface area contributed by atoms with Gasteiger partial charge in [0.25, 0.3) is 5.91 Å². The van der Waals surface area contributed by atoms with E-state index in [0.29, 0.717) is 24.7 Å². The first-order chi connectivity index (χ1) is 15.0. The summed E-state index contributed by atoms with van der Waals surface area (Å²) < 4.78 is 5.57. The zero-order valence-corrected chi connectivity index (χ0v) is 22.5. The van der Waals surface area contributed by atoms with Gasteiger partial charge in [-0.05, 0) is 69.9 Å². The quantitative estimate of drug-likeness (QED) is 0.208. The Kier molecular flexibility index (Phi) is 14.6. The molecule has 0 spiro atoms. The number of nitrogens with zero attached hydrogens (tertiary/aromatic N) is 2. The number of carbonyl (C=O) groups excluding carboxylic acids is 1. The number of hydrogen-bond acceptors (Lipinski definition) is 4. The van der Waals surface area contributed by atoms with E-state index in [9.17, 15) is 4.79 Å². The van der Waals surface area contributed by atoms with E-state index in [1.54, 1.807) is 7.05 Å². The van der Waals surface area contributed by atoms with Gasteiger partial charge in [-0.3, -0.25) is 9.79 Å². The number of rotatable bonds is 12. The van der Waals surface area contributed by atoms with Crippen molar-refractivity contribution in [2.75, 3.05) is 39.8 Å². The van der Waals surface area contributed by atoms with Gasteiger partial charge in [0.2, 0.25) is 0 Å². The van der Waals surface area contributed by atoms with Gasteiger partial charge in [0, 0.05) is 38.3 Å². The Balaban J connectivity index is 0.00000512. The molecule has 2 unspecified atom stereocenters. The van der Waals surface area contributed by atoms with Crippen molar-refractivity contribution in [1.29, 1.82) is 0 Å². The number of amides is 1. The van der Waals surface area contributed by atoms with Gasteiger partial charge >= 0.3 is 0 Å². The van der Waals surface area contributed by atoms with E-state index >= 15 is 0 Å². The highest BCUT2D eigenvalue weighted by molar-refractivity contribution is 14.0. The fourth-order valence-corrected chi connectivity index (χ4v) is 3.78. The first-order valence-corrected chi connectivity index (χ1v) is 11.7. The largest absolute Gasteiger partial charge is 0.376 e. The molecule has 3 N–H and O–H groups in total. The van der Waals surface area contributed by atoms with Crippen molar-refractivity contribution in [3.05, 3.63) is 35.4 Å². The lowest BCUT2D eigenvalue weighted by atomic mass is 10.1. The Morgan fingerprint density at radius 1 is 1.28 bits per heavy atom. The average Bonchev–Trinajstić information content (AvgIpc) is 3.31. The minimum absolute atomic E-state index is 0. The molecule has 1 heterocycles. The van der Waals surface area contributed by atoms with Crippen molar-refractivity contribution >= 4 is 35.8 Å². The van der Waals surface area contributed by atoms with E-state index in [2.05, 4.69) is 46.6 Å². The van der Waals surface area contributed by atoms with Crippen LogP contribution in [0, 0.1) is 0 Å². The third kappa shape index (κ3) is 10.5. The maximum absolute atomic E-state index is 12.5. The van der Waals surface area contributed by atoms with Crippen molar-refractivity contribution in [2.45, 2.75) is 65.1 Å². The minimum Gasteiger partial charge on any atom is -0.376 e. The van der Waals surface area contributed by atoms with Crippen LogP contribution in [0.25, 0.3) is 0 Å². The Labute approximate surface area is 211 Å². The van der Waals surface area contributed by atoms with Gasteiger partial charge in [-0.15, -0.1) is 24.0 Å². The summed E-state index contributed by atoms with van der Waals surface area (Å²) in [6.07, 6.45) is 4.50. The summed E-state index contributed by atoms with van der Waals surface area (Å²) in [4.78, 5) is 19.2. The SMILES string of the molecule is CCN(CC)CCCC(C)NC(=NC)NCc1cccc(C(=O)NCC2CCCO2)c1.I. The first kappa shape index (κ1) is 28.6. The lowest BCUT2D eigenvalue weighted by Gasteiger charge is -2.21. The van der Waals surface area contributed by atoms with Gasteiger partial charge in [-0.2, -0.15) is 0 Å². The summed E-state index contributed by atoms with van der Waals surface area (Å²) in [5.74, 6) is 0.727. The summed E-state index contributed by atoms with van der Waals surface area (Å²) >= 11 is 0. The van der Waals surface area contributed by atoms with Crippen molar-refractivity contribution in [1.82, 2.24) is 20.9 Å². The Bertz CT molecular complexity index is 691. The van der Waals surface area contributed by atoms with Crippen LogP contribution in [0.1, 0.15) is 62.4 Å². The molecule has 1 saturated heterocycles. The van der Waals surface area contributed by atoms with Gasteiger partial charge in [0.1, 0.15) is 0 Å². The number of hydrogen-bond donors (Lipinski definition) is 3. The lowest BCUT2D eigenvalue weighted by molar-refractivity contribution is 0.0857. The minimum atomic E-state index is -0.0540. The third-order valence-corrected chi connectivity index (χ3v) is 5.78. The zero-order valence-electron chi connectivity index (χ0n) is 20.2. The van der Waals surface area contributed by atoms with E-state index in [1.807, 2.05) is 24.3 Å². The number of carbonyl (C=O) groups is 1. The molecular weight excluding hydrogens is 517 g/mol. The monoisotopic (exact) mass is 559 g/mol. The molecule has 1 aliphatic heterocycles. The van der Waals surface area contributed by atoms with Gasteiger partial charge < -0.3 is 25.6 Å². The van der Waals surface area contributed by atoms with Crippen molar-refractivity contribution in [3.63, 3.8) is 0 Å². The lowest BCUT2D eigenvalue weighted by Crippen LogP contribution is -2.42. The number of aliphatic imine (C=N–C) groups is 1. The molecule has 0 saturated carbocycles. The molecule has 2 rings (SSSR count). The number of nitrogens with one attached hydrogen (secondary N) is 3. The summed E-state index contributed by atoms with van der Waals surface area (Å²) in [6.45, 7) is 11.9. The number of guanidine groups is 1. The van der Waals surface area contributed by atoms with Crippen LogP contribution < -0.4 is 16.0 Å². The molecule has 32 heavy (non-hydrogen) atoms. The van der Waals surface area contributed by atoms with Gasteiger partial charge in [0.05, 0.1) is 6.10 Å².